The first-order valence-corrected chi connectivity index (χ1v) is 12.0. The zero-order chi connectivity index (χ0) is 27.6. The third kappa shape index (κ3) is 5.80. The number of imide groups is 2. The van der Waals surface area contributed by atoms with Crippen molar-refractivity contribution in [3.63, 3.8) is 0 Å². The first kappa shape index (κ1) is 26.7. The third-order valence-corrected chi connectivity index (χ3v) is 6.11. The summed E-state index contributed by atoms with van der Waals surface area (Å²) in [5.41, 5.74) is 2.72. The van der Waals surface area contributed by atoms with Crippen LogP contribution in [0.1, 0.15) is 16.7 Å². The van der Waals surface area contributed by atoms with Crippen LogP contribution in [0.5, 0.6) is 11.5 Å². The number of urea groups is 1. The summed E-state index contributed by atoms with van der Waals surface area (Å²) in [6, 6.07) is 12.8. The number of carbonyl (C=O) groups is 4. The van der Waals surface area contributed by atoms with Gasteiger partial charge >= 0.3 is 6.03 Å². The first-order valence-electron chi connectivity index (χ1n) is 11.2. The lowest BCUT2D eigenvalue weighted by Gasteiger charge is -2.26. The zero-order valence-corrected chi connectivity index (χ0v) is 21.7. The number of ether oxygens (including phenoxy) is 1. The predicted molar refractivity (Wildman–Crippen MR) is 144 cm³/mol. The number of hydrogen-bond acceptors (Lipinski definition) is 6. The second-order valence-electron chi connectivity index (χ2n) is 8.44. The highest BCUT2D eigenvalue weighted by Crippen LogP contribution is 2.35. The molecule has 3 aromatic rings. The van der Waals surface area contributed by atoms with E-state index in [1.807, 2.05) is 26.0 Å². The molecule has 3 N–H and O–H groups in total. The molecule has 3 aromatic carbocycles. The summed E-state index contributed by atoms with van der Waals surface area (Å²) in [5.74, 6) is -2.20. The van der Waals surface area contributed by atoms with E-state index in [2.05, 4.69) is 10.6 Å². The highest BCUT2D eigenvalue weighted by atomic mass is 35.5. The van der Waals surface area contributed by atoms with Crippen LogP contribution in [0.25, 0.3) is 6.08 Å². The van der Waals surface area contributed by atoms with E-state index in [1.165, 1.54) is 42.5 Å². The van der Waals surface area contributed by atoms with E-state index < -0.39 is 23.8 Å². The average Bonchev–Trinajstić information content (AvgIpc) is 2.84. The highest BCUT2D eigenvalue weighted by molar-refractivity contribution is 6.40. The summed E-state index contributed by atoms with van der Waals surface area (Å²) in [6.45, 7) is 3.46. The molecule has 0 spiro atoms. The molecule has 194 valence electrons. The van der Waals surface area contributed by atoms with Crippen molar-refractivity contribution in [1.29, 1.82) is 0 Å². The van der Waals surface area contributed by atoms with Crippen LogP contribution in [0, 0.1) is 13.8 Å². The fraction of sp³-hybridized carbons (Fsp3) is 0.111. The van der Waals surface area contributed by atoms with Crippen molar-refractivity contribution < 1.29 is 29.0 Å². The molecule has 1 aliphatic rings. The van der Waals surface area contributed by atoms with E-state index in [-0.39, 0.29) is 45.0 Å². The molecule has 0 unspecified atom stereocenters. The number of nitrogens with zero attached hydrogens (tertiary/aromatic N) is 1. The Hall–Kier alpha value is -4.34. The molecule has 11 heteroatoms. The second kappa shape index (κ2) is 11.0. The van der Waals surface area contributed by atoms with Crippen LogP contribution in [0.3, 0.4) is 0 Å². The number of phenols is 1. The fourth-order valence-electron chi connectivity index (χ4n) is 3.74. The number of anilines is 2. The molecule has 0 saturated carbocycles. The minimum absolute atomic E-state index is 0.0406. The summed E-state index contributed by atoms with van der Waals surface area (Å²) in [5, 5.41) is 14.4. The SMILES string of the molecule is Cc1ccc(NC(=O)COc2c(Cl)cc(/C=C3/C(=O)NC(=O)N(c4ccc(O)cc4)C3=O)cc2Cl)c(C)c1. The second-order valence-corrected chi connectivity index (χ2v) is 9.26. The monoisotopic (exact) mass is 553 g/mol. The summed E-state index contributed by atoms with van der Waals surface area (Å²) >= 11 is 12.7. The van der Waals surface area contributed by atoms with Gasteiger partial charge in [-0.3, -0.25) is 19.7 Å². The number of aromatic hydroxyl groups is 1. The molecule has 5 amide bonds. The van der Waals surface area contributed by atoms with Crippen LogP contribution >= 0.6 is 23.2 Å². The molecule has 38 heavy (non-hydrogen) atoms. The maximum absolute atomic E-state index is 13.0. The van der Waals surface area contributed by atoms with Crippen LogP contribution in [0.2, 0.25) is 10.0 Å². The quantitative estimate of drug-likeness (QED) is 0.291. The maximum atomic E-state index is 13.0. The van der Waals surface area contributed by atoms with Gasteiger partial charge in [0.25, 0.3) is 17.7 Å². The van der Waals surface area contributed by atoms with Crippen molar-refractivity contribution in [3.8, 4) is 11.5 Å². The van der Waals surface area contributed by atoms with Crippen LogP contribution in [-0.4, -0.2) is 35.5 Å². The van der Waals surface area contributed by atoms with Crippen molar-refractivity contribution in [2.45, 2.75) is 13.8 Å². The van der Waals surface area contributed by atoms with E-state index >= 15 is 0 Å². The number of rotatable bonds is 6. The Balaban J connectivity index is 1.51. The van der Waals surface area contributed by atoms with Crippen molar-refractivity contribution in [3.05, 3.63) is 86.9 Å². The first-order chi connectivity index (χ1) is 18.0. The Morgan fingerprint density at radius 1 is 1.03 bits per heavy atom. The molecule has 1 fully saturated rings. The van der Waals surface area contributed by atoms with Crippen LogP contribution in [0.4, 0.5) is 16.2 Å². The smallest absolute Gasteiger partial charge is 0.335 e. The topological polar surface area (TPSA) is 125 Å². The van der Waals surface area contributed by atoms with Gasteiger partial charge in [0.05, 0.1) is 15.7 Å². The Labute approximate surface area is 227 Å². The van der Waals surface area contributed by atoms with Crippen molar-refractivity contribution >= 4 is 64.4 Å². The number of phenolic OH excluding ortho intramolecular Hbond substituents is 1. The van der Waals surface area contributed by atoms with Crippen LogP contribution in [-0.2, 0) is 14.4 Å². The van der Waals surface area contributed by atoms with Crippen LogP contribution < -0.4 is 20.3 Å². The molecule has 1 saturated heterocycles. The van der Waals surface area contributed by atoms with Gasteiger partial charge in [-0.05, 0) is 73.5 Å². The minimum atomic E-state index is -0.929. The summed E-state index contributed by atoms with van der Waals surface area (Å²) < 4.78 is 5.53. The number of aryl methyl sites for hydroxylation is 2. The molecular formula is C27H21Cl2N3O6. The molecule has 0 atom stereocenters. The molecule has 0 aromatic heterocycles. The van der Waals surface area contributed by atoms with E-state index in [1.54, 1.807) is 6.07 Å². The normalized spacial score (nSPS) is 14.5. The number of hydrogen-bond donors (Lipinski definition) is 3. The summed E-state index contributed by atoms with van der Waals surface area (Å²) in [4.78, 5) is 50.9. The summed E-state index contributed by atoms with van der Waals surface area (Å²) in [6.07, 6.45) is 1.23. The molecule has 1 aliphatic heterocycles. The molecule has 0 bridgehead atoms. The lowest BCUT2D eigenvalue weighted by atomic mass is 10.1. The Morgan fingerprint density at radius 2 is 1.68 bits per heavy atom. The number of carbonyl (C=O) groups excluding carboxylic acids is 4. The number of barbiturate groups is 1. The van der Waals surface area contributed by atoms with Gasteiger partial charge in [-0.2, -0.15) is 0 Å². The summed E-state index contributed by atoms with van der Waals surface area (Å²) in [7, 11) is 0. The largest absolute Gasteiger partial charge is 0.508 e. The average molecular weight is 554 g/mol. The molecule has 0 radical (unpaired) electrons. The van der Waals surface area contributed by atoms with E-state index in [0.717, 1.165) is 16.0 Å². The number of amides is 5. The lowest BCUT2D eigenvalue weighted by Crippen LogP contribution is -2.54. The Bertz CT molecular complexity index is 1480. The van der Waals surface area contributed by atoms with Crippen LogP contribution in [0.15, 0.2) is 60.2 Å². The van der Waals surface area contributed by atoms with Gasteiger partial charge in [0.2, 0.25) is 0 Å². The molecule has 0 aliphatic carbocycles. The van der Waals surface area contributed by atoms with Gasteiger partial charge < -0.3 is 15.2 Å². The van der Waals surface area contributed by atoms with Gasteiger partial charge in [0, 0.05) is 5.69 Å². The van der Waals surface area contributed by atoms with Crippen molar-refractivity contribution in [2.24, 2.45) is 0 Å². The van der Waals surface area contributed by atoms with Crippen molar-refractivity contribution in [2.75, 3.05) is 16.8 Å². The van der Waals surface area contributed by atoms with Crippen molar-refractivity contribution in [1.82, 2.24) is 5.32 Å². The van der Waals surface area contributed by atoms with Gasteiger partial charge in [-0.15, -0.1) is 0 Å². The maximum Gasteiger partial charge on any atom is 0.335 e. The predicted octanol–water partition coefficient (Wildman–Crippen LogP) is 5.00. The number of nitrogens with one attached hydrogen (secondary N) is 2. The highest BCUT2D eigenvalue weighted by Gasteiger charge is 2.36. The van der Waals surface area contributed by atoms with Gasteiger partial charge in [-0.1, -0.05) is 40.9 Å². The zero-order valence-electron chi connectivity index (χ0n) is 20.2. The molecule has 4 rings (SSSR count). The van der Waals surface area contributed by atoms with Gasteiger partial charge in [0.15, 0.2) is 12.4 Å². The fourth-order valence-corrected chi connectivity index (χ4v) is 4.35. The standard InChI is InChI=1S/C27H21Cl2N3O6/c1-14-3-8-22(15(2)9-14)30-23(34)13-38-24-20(28)11-16(12-21(24)29)10-19-25(35)31-27(37)32(26(19)36)17-4-6-18(33)7-5-17/h3-12,33H,13H2,1-2H3,(H,30,34)(H,31,35,37)/b19-10-. The molecular weight excluding hydrogens is 533 g/mol. The molecule has 9 nitrogen and oxygen atoms in total. The van der Waals surface area contributed by atoms with Gasteiger partial charge in [0.1, 0.15) is 11.3 Å². The van der Waals surface area contributed by atoms with E-state index in [9.17, 15) is 24.3 Å². The van der Waals surface area contributed by atoms with Gasteiger partial charge in [-0.25, -0.2) is 9.69 Å². The van der Waals surface area contributed by atoms with E-state index in [4.69, 9.17) is 27.9 Å². The number of halogens is 2. The minimum Gasteiger partial charge on any atom is -0.508 e. The third-order valence-electron chi connectivity index (χ3n) is 5.54. The number of benzene rings is 3. The molecule has 1 heterocycles. The van der Waals surface area contributed by atoms with E-state index in [0.29, 0.717) is 5.69 Å². The Morgan fingerprint density at radius 3 is 2.32 bits per heavy atom. The Kier molecular flexibility index (Phi) is 7.70. The lowest BCUT2D eigenvalue weighted by molar-refractivity contribution is -0.122.